The number of likely N-dealkylation sites (tertiary alicyclic amines) is 1. The molecule has 7 heteroatoms. The maximum atomic E-state index is 12.2. The highest BCUT2D eigenvalue weighted by atomic mass is 32.2. The quantitative estimate of drug-likeness (QED) is 0.762. The van der Waals surface area contributed by atoms with Crippen molar-refractivity contribution in [2.24, 2.45) is 17.3 Å². The van der Waals surface area contributed by atoms with Crippen LogP contribution in [0.5, 0.6) is 0 Å². The lowest BCUT2D eigenvalue weighted by molar-refractivity contribution is -0.125. The summed E-state index contributed by atoms with van der Waals surface area (Å²) in [5.74, 6) is 0.355. The lowest BCUT2D eigenvalue weighted by Crippen LogP contribution is -2.45. The average Bonchev–Trinajstić information content (AvgIpc) is 3.10. The molecule has 0 radical (unpaired) electrons. The molecule has 2 N–H and O–H groups in total. The Labute approximate surface area is 152 Å². The first-order valence-corrected chi connectivity index (χ1v) is 11.5. The van der Waals surface area contributed by atoms with Gasteiger partial charge in [0.2, 0.25) is 15.9 Å². The zero-order valence-electron chi connectivity index (χ0n) is 15.4. The monoisotopic (exact) mass is 371 g/mol. The fourth-order valence-corrected chi connectivity index (χ4v) is 5.36. The fourth-order valence-electron chi connectivity index (χ4n) is 4.75. The number of rotatable bonds is 5. The van der Waals surface area contributed by atoms with Crippen molar-refractivity contribution in [3.63, 3.8) is 0 Å². The van der Waals surface area contributed by atoms with Crippen LogP contribution in [0.15, 0.2) is 0 Å². The maximum Gasteiger partial charge on any atom is 0.236 e. The third-order valence-electron chi connectivity index (χ3n) is 6.65. The Bertz CT molecular complexity index is 554. The maximum absolute atomic E-state index is 12.2. The molecule has 6 nitrogen and oxygen atoms in total. The van der Waals surface area contributed by atoms with Crippen molar-refractivity contribution in [2.75, 3.05) is 38.5 Å². The molecule has 1 aliphatic carbocycles. The molecule has 144 valence electrons. The Balaban J connectivity index is 1.43. The second-order valence-corrected chi connectivity index (χ2v) is 10.3. The first kappa shape index (κ1) is 19.1. The van der Waals surface area contributed by atoms with Crippen LogP contribution >= 0.6 is 0 Å². The normalized spacial score (nSPS) is 28.3. The van der Waals surface area contributed by atoms with Gasteiger partial charge in [-0.3, -0.25) is 9.52 Å². The van der Waals surface area contributed by atoms with Crippen molar-refractivity contribution >= 4 is 15.9 Å². The van der Waals surface area contributed by atoms with E-state index < -0.39 is 10.0 Å². The van der Waals surface area contributed by atoms with Crippen molar-refractivity contribution in [2.45, 2.75) is 51.9 Å². The number of hydrogen-bond acceptors (Lipinski definition) is 5. The summed E-state index contributed by atoms with van der Waals surface area (Å²) in [6, 6.07) is 0. The van der Waals surface area contributed by atoms with Crippen molar-refractivity contribution < 1.29 is 13.2 Å². The van der Waals surface area contributed by atoms with Gasteiger partial charge >= 0.3 is 0 Å². The van der Waals surface area contributed by atoms with Crippen molar-refractivity contribution in [3.8, 4) is 0 Å². The predicted octanol–water partition coefficient (Wildman–Crippen LogP) is 1.33. The molecule has 25 heavy (non-hydrogen) atoms. The van der Waals surface area contributed by atoms with Gasteiger partial charge in [0.05, 0.1) is 5.75 Å². The first-order valence-electron chi connectivity index (χ1n) is 9.89. The number of carbonyl (C=O) groups excluding carboxylic acids is 1. The molecule has 3 rings (SSSR count). The number of nitrogens with zero attached hydrogens (tertiary/aromatic N) is 1. The number of nitrogens with one attached hydrogen (secondary N) is 2. The second kappa shape index (κ2) is 7.92. The van der Waals surface area contributed by atoms with E-state index in [2.05, 4.69) is 14.9 Å². The lowest BCUT2D eigenvalue weighted by atomic mass is 9.65. The van der Waals surface area contributed by atoms with E-state index in [0.29, 0.717) is 5.41 Å². The Morgan fingerprint density at radius 3 is 2.40 bits per heavy atom. The fraction of sp³-hybridized carbons (Fsp3) is 0.944. The van der Waals surface area contributed by atoms with Gasteiger partial charge in [0.25, 0.3) is 0 Å². The Morgan fingerprint density at radius 2 is 1.84 bits per heavy atom. The third kappa shape index (κ3) is 4.95. The van der Waals surface area contributed by atoms with Crippen LogP contribution in [0.1, 0.15) is 51.9 Å². The van der Waals surface area contributed by atoms with E-state index in [1.807, 2.05) is 0 Å². The van der Waals surface area contributed by atoms with Gasteiger partial charge in [-0.1, -0.05) is 0 Å². The molecule has 1 atom stereocenters. The van der Waals surface area contributed by atoms with E-state index in [1.165, 1.54) is 52.0 Å². The standard InChI is InChI=1S/C18H33N3O3S/c1-2-25(23,24)20-17(22)16-3-6-18(7-4-16)8-11-21(12-9-18)14-15-5-10-19-13-15/h15-16,19H,2-14H2,1H3,(H,20,22). The molecule has 3 aliphatic rings. The molecule has 3 fully saturated rings. The molecular weight excluding hydrogens is 338 g/mol. The minimum absolute atomic E-state index is 0.0399. The molecule has 1 unspecified atom stereocenters. The highest BCUT2D eigenvalue weighted by Crippen LogP contribution is 2.46. The molecule has 0 bridgehead atoms. The van der Waals surface area contributed by atoms with Gasteiger partial charge < -0.3 is 10.2 Å². The van der Waals surface area contributed by atoms with E-state index in [-0.39, 0.29) is 17.6 Å². The van der Waals surface area contributed by atoms with Crippen LogP contribution < -0.4 is 10.0 Å². The van der Waals surface area contributed by atoms with Crippen LogP contribution in [0.25, 0.3) is 0 Å². The second-order valence-electron chi connectivity index (χ2n) is 8.30. The van der Waals surface area contributed by atoms with E-state index in [1.54, 1.807) is 6.92 Å². The van der Waals surface area contributed by atoms with Crippen molar-refractivity contribution in [3.05, 3.63) is 0 Å². The Kier molecular flexibility index (Phi) is 6.06. The van der Waals surface area contributed by atoms with Gasteiger partial charge in [-0.05, 0) is 89.4 Å². The number of hydrogen-bond donors (Lipinski definition) is 2. The van der Waals surface area contributed by atoms with Crippen LogP contribution in [0.4, 0.5) is 0 Å². The minimum Gasteiger partial charge on any atom is -0.316 e. The number of piperidine rings is 1. The zero-order chi connectivity index (χ0) is 17.9. The van der Waals surface area contributed by atoms with Crippen molar-refractivity contribution in [1.29, 1.82) is 0 Å². The summed E-state index contributed by atoms with van der Waals surface area (Å²) in [6.45, 7) is 7.47. The highest BCUT2D eigenvalue weighted by Gasteiger charge is 2.40. The van der Waals surface area contributed by atoms with Gasteiger partial charge in [-0.15, -0.1) is 0 Å². The van der Waals surface area contributed by atoms with E-state index >= 15 is 0 Å². The van der Waals surface area contributed by atoms with Gasteiger partial charge in [0, 0.05) is 12.5 Å². The summed E-state index contributed by atoms with van der Waals surface area (Å²) in [5.41, 5.74) is 0.394. The van der Waals surface area contributed by atoms with Gasteiger partial charge in [0.1, 0.15) is 0 Å². The van der Waals surface area contributed by atoms with Crippen LogP contribution in [-0.4, -0.2) is 57.7 Å². The third-order valence-corrected chi connectivity index (χ3v) is 7.92. The van der Waals surface area contributed by atoms with E-state index in [4.69, 9.17) is 0 Å². The summed E-state index contributed by atoms with van der Waals surface area (Å²) < 4.78 is 25.4. The number of sulfonamides is 1. The van der Waals surface area contributed by atoms with Crippen LogP contribution in [-0.2, 0) is 14.8 Å². The summed E-state index contributed by atoms with van der Waals surface area (Å²) in [6.07, 6.45) is 7.56. The minimum atomic E-state index is -3.43. The average molecular weight is 372 g/mol. The summed E-state index contributed by atoms with van der Waals surface area (Å²) in [7, 11) is -3.43. The number of carbonyl (C=O) groups is 1. The molecule has 1 saturated carbocycles. The molecule has 1 amide bonds. The lowest BCUT2D eigenvalue weighted by Gasteiger charge is -2.46. The predicted molar refractivity (Wildman–Crippen MR) is 98.6 cm³/mol. The SMILES string of the molecule is CCS(=O)(=O)NC(=O)C1CCC2(CC1)CCN(CC1CCNC1)CC2. The molecule has 2 aliphatic heterocycles. The van der Waals surface area contributed by atoms with Gasteiger partial charge in [-0.2, -0.15) is 0 Å². The topological polar surface area (TPSA) is 78.5 Å². The molecule has 0 aromatic rings. The molecule has 1 spiro atoms. The van der Waals surface area contributed by atoms with Crippen LogP contribution in [0.3, 0.4) is 0 Å². The summed E-state index contributed by atoms with van der Waals surface area (Å²) in [5, 5.41) is 3.45. The highest BCUT2D eigenvalue weighted by molar-refractivity contribution is 7.90. The van der Waals surface area contributed by atoms with Crippen molar-refractivity contribution in [1.82, 2.24) is 14.9 Å². The van der Waals surface area contributed by atoms with Gasteiger partial charge in [0.15, 0.2) is 0 Å². The van der Waals surface area contributed by atoms with E-state index in [0.717, 1.165) is 31.6 Å². The van der Waals surface area contributed by atoms with Crippen LogP contribution in [0, 0.1) is 17.3 Å². The Hall–Kier alpha value is -0.660. The zero-order valence-corrected chi connectivity index (χ0v) is 16.2. The van der Waals surface area contributed by atoms with Crippen LogP contribution in [0.2, 0.25) is 0 Å². The molecular formula is C18H33N3O3S. The molecule has 0 aromatic heterocycles. The summed E-state index contributed by atoms with van der Waals surface area (Å²) in [4.78, 5) is 14.8. The largest absolute Gasteiger partial charge is 0.316 e. The number of amides is 1. The Morgan fingerprint density at radius 1 is 1.16 bits per heavy atom. The molecule has 0 aromatic carbocycles. The first-order chi connectivity index (χ1) is 11.9. The summed E-state index contributed by atoms with van der Waals surface area (Å²) >= 11 is 0. The van der Waals surface area contributed by atoms with Gasteiger partial charge in [-0.25, -0.2) is 8.42 Å². The molecule has 2 saturated heterocycles. The molecule has 2 heterocycles. The van der Waals surface area contributed by atoms with E-state index in [9.17, 15) is 13.2 Å². The smallest absolute Gasteiger partial charge is 0.236 e.